The van der Waals surface area contributed by atoms with Crippen molar-refractivity contribution in [3.05, 3.63) is 35.7 Å². The lowest BCUT2D eigenvalue weighted by Crippen LogP contribution is -2.16. The molecule has 3 rings (SSSR count). The van der Waals surface area contributed by atoms with Crippen molar-refractivity contribution < 1.29 is 19.1 Å². The molecular weight excluding hydrogens is 286 g/mol. The second kappa shape index (κ2) is 6.15. The molecular formula is C15H17N3O4. The van der Waals surface area contributed by atoms with Crippen molar-refractivity contribution in [2.24, 2.45) is 0 Å². The number of oxazole rings is 1. The van der Waals surface area contributed by atoms with Gasteiger partial charge in [0.15, 0.2) is 23.2 Å². The molecule has 22 heavy (non-hydrogen) atoms. The highest BCUT2D eigenvalue weighted by atomic mass is 16.5. The van der Waals surface area contributed by atoms with Crippen LogP contribution < -0.4 is 5.32 Å². The summed E-state index contributed by atoms with van der Waals surface area (Å²) in [6.07, 6.45) is 3.00. The van der Waals surface area contributed by atoms with E-state index in [1.165, 1.54) is 12.3 Å². The van der Waals surface area contributed by atoms with Gasteiger partial charge in [-0.05, 0) is 31.9 Å². The number of rotatable bonds is 3. The minimum Gasteiger partial charge on any atom is -0.504 e. The summed E-state index contributed by atoms with van der Waals surface area (Å²) >= 11 is 0. The first-order chi connectivity index (χ1) is 10.6. The van der Waals surface area contributed by atoms with E-state index in [1.807, 2.05) is 0 Å². The van der Waals surface area contributed by atoms with Crippen molar-refractivity contribution in [1.82, 2.24) is 9.97 Å². The number of aromatic hydroxyl groups is 1. The Morgan fingerprint density at radius 3 is 2.86 bits per heavy atom. The number of nitrogens with one attached hydrogen (secondary N) is 1. The summed E-state index contributed by atoms with van der Waals surface area (Å²) in [5.41, 5.74) is 0.861. The van der Waals surface area contributed by atoms with Gasteiger partial charge in [-0.1, -0.05) is 0 Å². The fourth-order valence-electron chi connectivity index (χ4n) is 2.34. The molecule has 0 spiro atoms. The number of anilines is 1. The zero-order valence-electron chi connectivity index (χ0n) is 12.2. The van der Waals surface area contributed by atoms with Gasteiger partial charge in [-0.15, -0.1) is 0 Å². The highest BCUT2D eigenvalue weighted by molar-refractivity contribution is 6.02. The van der Waals surface area contributed by atoms with Crippen LogP contribution >= 0.6 is 0 Å². The van der Waals surface area contributed by atoms with Crippen molar-refractivity contribution in [2.45, 2.75) is 25.7 Å². The zero-order chi connectivity index (χ0) is 15.5. The number of hydrogen-bond acceptors (Lipinski definition) is 6. The largest absolute Gasteiger partial charge is 0.504 e. The molecule has 116 valence electrons. The average Bonchev–Trinajstić information content (AvgIpc) is 3.02. The lowest BCUT2D eigenvalue weighted by molar-refractivity contribution is 0.0794. The monoisotopic (exact) mass is 303 g/mol. The predicted molar refractivity (Wildman–Crippen MR) is 77.9 cm³/mol. The van der Waals surface area contributed by atoms with E-state index in [1.54, 1.807) is 13.0 Å². The molecule has 1 saturated heterocycles. The summed E-state index contributed by atoms with van der Waals surface area (Å²) in [5, 5.41) is 12.2. The Labute approximate surface area is 127 Å². The molecule has 0 unspecified atom stereocenters. The summed E-state index contributed by atoms with van der Waals surface area (Å²) < 4.78 is 10.7. The summed E-state index contributed by atoms with van der Waals surface area (Å²) in [7, 11) is 0. The van der Waals surface area contributed by atoms with Crippen LogP contribution in [0.3, 0.4) is 0 Å². The first-order valence-electron chi connectivity index (χ1n) is 7.14. The Bertz CT molecular complexity index is 677. The highest BCUT2D eigenvalue weighted by Gasteiger charge is 2.23. The van der Waals surface area contributed by atoms with Gasteiger partial charge >= 0.3 is 0 Å². The topological polar surface area (TPSA) is 97.5 Å². The van der Waals surface area contributed by atoms with E-state index in [0.29, 0.717) is 24.8 Å². The van der Waals surface area contributed by atoms with Crippen LogP contribution in [0, 0.1) is 6.92 Å². The number of hydrogen-bond donors (Lipinski definition) is 2. The van der Waals surface area contributed by atoms with Crippen molar-refractivity contribution in [2.75, 3.05) is 18.5 Å². The van der Waals surface area contributed by atoms with E-state index in [4.69, 9.17) is 9.15 Å². The molecule has 7 heteroatoms. The number of aryl methyl sites for hydroxylation is 1. The minimum atomic E-state index is -0.463. The molecule has 2 aromatic rings. The number of pyridine rings is 1. The van der Waals surface area contributed by atoms with E-state index in [-0.39, 0.29) is 23.2 Å². The molecule has 0 bridgehead atoms. The maximum absolute atomic E-state index is 12.2. The fourth-order valence-corrected chi connectivity index (χ4v) is 2.34. The van der Waals surface area contributed by atoms with Crippen LogP contribution in [0.25, 0.3) is 0 Å². The Balaban J connectivity index is 1.72. The minimum absolute atomic E-state index is 0.0907. The molecule has 2 N–H and O–H groups in total. The van der Waals surface area contributed by atoms with Crippen molar-refractivity contribution in [3.63, 3.8) is 0 Å². The molecule has 2 aromatic heterocycles. The zero-order valence-corrected chi connectivity index (χ0v) is 12.2. The third-order valence-corrected chi connectivity index (χ3v) is 3.57. The number of carbonyl (C=O) groups excluding carboxylic acids is 1. The van der Waals surface area contributed by atoms with Gasteiger partial charge in [0.1, 0.15) is 6.26 Å². The number of carbonyl (C=O) groups is 1. The van der Waals surface area contributed by atoms with Gasteiger partial charge in [-0.3, -0.25) is 4.79 Å². The molecule has 0 aliphatic carbocycles. The van der Waals surface area contributed by atoms with Crippen LogP contribution in [0.5, 0.6) is 5.75 Å². The third kappa shape index (κ3) is 3.09. The number of nitrogens with zero attached hydrogens (tertiary/aromatic N) is 2. The summed E-state index contributed by atoms with van der Waals surface area (Å²) in [5.74, 6) is 0.291. The summed E-state index contributed by atoms with van der Waals surface area (Å²) in [6, 6.07) is 3.14. The molecule has 7 nitrogen and oxygen atoms in total. The SMILES string of the molecule is Cc1ccc(O)c(NC(=O)c2coc(C3CCOCC3)n2)n1. The lowest BCUT2D eigenvalue weighted by Gasteiger charge is -2.18. The first-order valence-corrected chi connectivity index (χ1v) is 7.14. The van der Waals surface area contributed by atoms with Crippen LogP contribution in [-0.2, 0) is 4.74 Å². The molecule has 3 heterocycles. The van der Waals surface area contributed by atoms with Gasteiger partial charge in [0.05, 0.1) is 0 Å². The molecule has 1 aliphatic heterocycles. The second-order valence-electron chi connectivity index (χ2n) is 5.23. The summed E-state index contributed by atoms with van der Waals surface area (Å²) in [6.45, 7) is 3.12. The Kier molecular flexibility index (Phi) is 4.06. The smallest absolute Gasteiger partial charge is 0.278 e. The van der Waals surface area contributed by atoms with Crippen molar-refractivity contribution in [1.29, 1.82) is 0 Å². The average molecular weight is 303 g/mol. The maximum Gasteiger partial charge on any atom is 0.278 e. The van der Waals surface area contributed by atoms with Gasteiger partial charge in [0.2, 0.25) is 0 Å². The molecule has 0 aromatic carbocycles. The van der Waals surface area contributed by atoms with Gasteiger partial charge in [0.25, 0.3) is 5.91 Å². The fraction of sp³-hybridized carbons (Fsp3) is 0.400. The van der Waals surface area contributed by atoms with Gasteiger partial charge in [-0.2, -0.15) is 0 Å². The van der Waals surface area contributed by atoms with Crippen molar-refractivity contribution >= 4 is 11.7 Å². The van der Waals surface area contributed by atoms with Crippen LogP contribution in [0.15, 0.2) is 22.8 Å². The number of amides is 1. The van der Waals surface area contributed by atoms with E-state index in [2.05, 4.69) is 15.3 Å². The third-order valence-electron chi connectivity index (χ3n) is 3.57. The number of ether oxygens (including phenoxy) is 1. The molecule has 0 atom stereocenters. The lowest BCUT2D eigenvalue weighted by atomic mass is 10.0. The van der Waals surface area contributed by atoms with Gasteiger partial charge in [-0.25, -0.2) is 9.97 Å². The molecule has 1 fully saturated rings. The first kappa shape index (κ1) is 14.5. The van der Waals surface area contributed by atoms with E-state index < -0.39 is 5.91 Å². The normalized spacial score (nSPS) is 15.7. The molecule has 0 saturated carbocycles. The van der Waals surface area contributed by atoms with E-state index >= 15 is 0 Å². The molecule has 0 radical (unpaired) electrons. The quantitative estimate of drug-likeness (QED) is 0.902. The van der Waals surface area contributed by atoms with E-state index in [9.17, 15) is 9.90 Å². The van der Waals surface area contributed by atoms with Crippen LogP contribution in [0.1, 0.15) is 40.8 Å². The Morgan fingerprint density at radius 1 is 1.32 bits per heavy atom. The van der Waals surface area contributed by atoms with Crippen LogP contribution in [0.4, 0.5) is 5.82 Å². The van der Waals surface area contributed by atoms with Crippen molar-refractivity contribution in [3.8, 4) is 5.75 Å². The Morgan fingerprint density at radius 2 is 2.09 bits per heavy atom. The molecule has 1 aliphatic rings. The molecule has 1 amide bonds. The maximum atomic E-state index is 12.2. The summed E-state index contributed by atoms with van der Waals surface area (Å²) in [4.78, 5) is 20.5. The van der Waals surface area contributed by atoms with Gasteiger partial charge in [0, 0.05) is 24.8 Å². The second-order valence-corrected chi connectivity index (χ2v) is 5.23. The highest BCUT2D eigenvalue weighted by Crippen LogP contribution is 2.26. The predicted octanol–water partition coefficient (Wildman–Crippen LogP) is 2.23. The van der Waals surface area contributed by atoms with Crippen LogP contribution in [-0.4, -0.2) is 34.2 Å². The number of aromatic nitrogens is 2. The standard InChI is InChI=1S/C15H17N3O4/c1-9-2-3-12(19)13(16-9)18-14(20)11-8-22-15(17-11)10-4-6-21-7-5-10/h2-3,8,10,19H,4-7H2,1H3,(H,16,18,20). The van der Waals surface area contributed by atoms with Gasteiger partial charge < -0.3 is 19.6 Å². The van der Waals surface area contributed by atoms with E-state index in [0.717, 1.165) is 12.8 Å². The Hall–Kier alpha value is -2.41. The van der Waals surface area contributed by atoms with Crippen LogP contribution in [0.2, 0.25) is 0 Å².